The molecule has 4 atom stereocenters. The lowest BCUT2D eigenvalue weighted by molar-refractivity contribution is -0.139. The second-order valence-electron chi connectivity index (χ2n) is 15.4. The van der Waals surface area contributed by atoms with Crippen LogP contribution in [0.3, 0.4) is 0 Å². The van der Waals surface area contributed by atoms with Gasteiger partial charge < -0.3 is 35.5 Å². The molecule has 0 bridgehead atoms. The highest BCUT2D eigenvalue weighted by atomic mass is 32.1. The molecule has 5 N–H and O–H groups in total. The van der Waals surface area contributed by atoms with Crippen LogP contribution in [0.2, 0.25) is 0 Å². The van der Waals surface area contributed by atoms with Crippen LogP contribution in [0.4, 0.5) is 0 Å². The van der Waals surface area contributed by atoms with E-state index in [1.54, 1.807) is 28.6 Å². The first-order chi connectivity index (χ1) is 26.4. The predicted octanol–water partition coefficient (Wildman–Crippen LogP) is 4.64. The summed E-state index contributed by atoms with van der Waals surface area (Å²) in [5.74, 6) is 0.264. The number of aromatic amines is 2. The van der Waals surface area contributed by atoms with E-state index in [4.69, 9.17) is 4.98 Å². The third kappa shape index (κ3) is 7.85. The molecule has 0 radical (unpaired) electrons. The number of H-pyrrole nitrogens is 2. The fourth-order valence-corrected chi connectivity index (χ4v) is 8.90. The first kappa shape index (κ1) is 38.1. The van der Waals surface area contributed by atoms with Crippen molar-refractivity contribution < 1.29 is 24.3 Å². The van der Waals surface area contributed by atoms with Crippen molar-refractivity contribution in [1.29, 1.82) is 0 Å². The molecule has 55 heavy (non-hydrogen) atoms. The minimum absolute atomic E-state index is 0.0306. The van der Waals surface area contributed by atoms with E-state index in [1.807, 2.05) is 32.6 Å². The maximum atomic E-state index is 13.5. The van der Waals surface area contributed by atoms with Crippen molar-refractivity contribution in [2.24, 2.45) is 11.8 Å². The van der Waals surface area contributed by atoms with E-state index in [-0.39, 0.29) is 41.6 Å². The highest BCUT2D eigenvalue weighted by molar-refractivity contribution is 7.15. The number of amides is 4. The van der Waals surface area contributed by atoms with Crippen molar-refractivity contribution in [2.75, 3.05) is 19.7 Å². The van der Waals surface area contributed by atoms with Crippen LogP contribution in [-0.2, 0) is 25.6 Å². The van der Waals surface area contributed by atoms with Gasteiger partial charge in [-0.25, -0.2) is 15.0 Å². The lowest BCUT2D eigenvalue weighted by atomic mass is 10.0. The van der Waals surface area contributed by atoms with Gasteiger partial charge >= 0.3 is 0 Å². The van der Waals surface area contributed by atoms with Crippen molar-refractivity contribution >= 4 is 46.6 Å². The minimum Gasteiger partial charge on any atom is -0.387 e. The molecule has 14 nitrogen and oxygen atoms in total. The summed E-state index contributed by atoms with van der Waals surface area (Å²) in [7, 11) is 0. The van der Waals surface area contributed by atoms with E-state index in [0.29, 0.717) is 18.9 Å². The molecular formula is C40H49N9O5S. The van der Waals surface area contributed by atoms with Crippen molar-refractivity contribution in [3.63, 3.8) is 0 Å². The molecule has 0 saturated carbocycles. The molecule has 2 fully saturated rings. The Kier molecular flexibility index (Phi) is 11.0. The Morgan fingerprint density at radius 3 is 1.93 bits per heavy atom. The second-order valence-corrected chi connectivity index (χ2v) is 16.4. The summed E-state index contributed by atoms with van der Waals surface area (Å²) >= 11 is 1.64. The Morgan fingerprint density at radius 1 is 0.836 bits per heavy atom. The Balaban J connectivity index is 1.00. The number of hydrogen-bond acceptors (Lipinski definition) is 9. The molecule has 1 unspecified atom stereocenters. The van der Waals surface area contributed by atoms with Gasteiger partial charge in [0.05, 0.1) is 41.6 Å². The van der Waals surface area contributed by atoms with Gasteiger partial charge in [-0.05, 0) is 60.3 Å². The first-order valence-electron chi connectivity index (χ1n) is 19.1. The zero-order chi connectivity index (χ0) is 39.0. The Bertz CT molecular complexity index is 2100. The van der Waals surface area contributed by atoms with Crippen LogP contribution >= 0.6 is 11.3 Å². The van der Waals surface area contributed by atoms with E-state index < -0.39 is 24.6 Å². The Morgan fingerprint density at radius 2 is 1.38 bits per heavy atom. The minimum atomic E-state index is -0.718. The summed E-state index contributed by atoms with van der Waals surface area (Å²) in [6, 6.07) is 6.66. The first-order valence-corrected chi connectivity index (χ1v) is 19.9. The molecule has 4 aromatic rings. The zero-order valence-electron chi connectivity index (χ0n) is 31.9. The largest absolute Gasteiger partial charge is 0.387 e. The molecule has 1 aromatic carbocycles. The highest BCUT2D eigenvalue weighted by Gasteiger charge is 2.38. The van der Waals surface area contributed by atoms with Crippen molar-refractivity contribution in [3.05, 3.63) is 64.4 Å². The number of allylic oxidation sites excluding steroid dienone is 1. The van der Waals surface area contributed by atoms with Gasteiger partial charge in [0.2, 0.25) is 23.6 Å². The van der Waals surface area contributed by atoms with Crippen LogP contribution in [0.1, 0.15) is 100 Å². The predicted molar refractivity (Wildman–Crippen MR) is 209 cm³/mol. The number of nitrogens with zero attached hydrogens (tertiary/aromatic N) is 5. The molecule has 3 aliphatic rings. The molecule has 15 heteroatoms. The summed E-state index contributed by atoms with van der Waals surface area (Å²) in [6.45, 7) is 9.62. The number of aromatic nitrogens is 5. The van der Waals surface area contributed by atoms with Crippen LogP contribution < -0.4 is 10.6 Å². The number of fused-ring (bicyclic) bond motifs is 1. The van der Waals surface area contributed by atoms with Crippen LogP contribution in [0.15, 0.2) is 36.7 Å². The molecule has 7 rings (SSSR count). The number of aliphatic hydroxyl groups is 1. The van der Waals surface area contributed by atoms with E-state index in [2.05, 4.69) is 60.9 Å². The lowest BCUT2D eigenvalue weighted by Crippen LogP contribution is -2.51. The number of carbonyl (C=O) groups excluding carboxylic acids is 4. The molecule has 290 valence electrons. The maximum Gasteiger partial charge on any atom is 0.246 e. The monoisotopic (exact) mass is 767 g/mol. The molecular weight excluding hydrogens is 719 g/mol. The molecule has 2 saturated heterocycles. The Labute approximate surface area is 324 Å². The number of imidazole rings is 2. The summed E-state index contributed by atoms with van der Waals surface area (Å²) in [4.78, 5) is 76.7. The number of hydrogen-bond donors (Lipinski definition) is 5. The van der Waals surface area contributed by atoms with Crippen molar-refractivity contribution in [2.45, 2.75) is 90.9 Å². The number of nitrogens with one attached hydrogen (secondary N) is 4. The quantitative estimate of drug-likeness (QED) is 0.138. The zero-order valence-corrected chi connectivity index (χ0v) is 32.7. The van der Waals surface area contributed by atoms with Gasteiger partial charge in [0, 0.05) is 31.3 Å². The van der Waals surface area contributed by atoms with E-state index in [9.17, 15) is 24.3 Å². The average molecular weight is 768 g/mol. The number of carbonyl (C=O) groups is 4. The van der Waals surface area contributed by atoms with Crippen LogP contribution in [0.25, 0.3) is 33.6 Å². The fourth-order valence-electron chi connectivity index (χ4n) is 7.88. The Hall–Kier alpha value is -5.15. The van der Waals surface area contributed by atoms with Crippen LogP contribution in [0, 0.1) is 11.8 Å². The molecule has 2 aliphatic heterocycles. The molecule has 1 aliphatic carbocycles. The molecule has 3 aromatic heterocycles. The third-order valence-corrected chi connectivity index (χ3v) is 11.9. The molecule has 0 spiro atoms. The van der Waals surface area contributed by atoms with Gasteiger partial charge in [-0.3, -0.25) is 19.2 Å². The maximum absolute atomic E-state index is 13.5. The van der Waals surface area contributed by atoms with Crippen LogP contribution in [0.5, 0.6) is 0 Å². The van der Waals surface area contributed by atoms with E-state index in [1.165, 1.54) is 17.4 Å². The van der Waals surface area contributed by atoms with Crippen LogP contribution in [-0.4, -0.2) is 95.2 Å². The summed E-state index contributed by atoms with van der Waals surface area (Å²) in [5.41, 5.74) is 5.92. The SMILES string of the molecule is CC(=O)N[C@H](C(=O)N1CCCC1c1ncc(-c2nc3c(s2)CC(c2ccc(-c4cnc([C@@H]5CCCN5C(=O)[C@@H](NC(=O)CO)C(C)C)[nH]4)cc2)=C3)[nH]1)C(C)C. The summed E-state index contributed by atoms with van der Waals surface area (Å²) in [6.07, 6.45) is 9.79. The third-order valence-electron chi connectivity index (χ3n) is 10.8. The van der Waals surface area contributed by atoms with E-state index >= 15 is 0 Å². The summed E-state index contributed by atoms with van der Waals surface area (Å²) in [5, 5.41) is 15.6. The number of thiazole rings is 1. The lowest BCUT2D eigenvalue weighted by Gasteiger charge is -2.30. The highest BCUT2D eigenvalue weighted by Crippen LogP contribution is 2.40. The van der Waals surface area contributed by atoms with Gasteiger partial charge in [-0.15, -0.1) is 11.3 Å². The van der Waals surface area contributed by atoms with Gasteiger partial charge in [-0.2, -0.15) is 0 Å². The van der Waals surface area contributed by atoms with Gasteiger partial charge in [0.1, 0.15) is 35.3 Å². The van der Waals surface area contributed by atoms with Crippen molar-refractivity contribution in [3.8, 4) is 22.0 Å². The second kappa shape index (κ2) is 15.9. The average Bonchev–Trinajstić information content (AvgIpc) is 4.00. The van der Waals surface area contributed by atoms with Gasteiger partial charge in [-0.1, -0.05) is 52.0 Å². The van der Waals surface area contributed by atoms with Crippen molar-refractivity contribution in [1.82, 2.24) is 45.4 Å². The normalized spacial score (nSPS) is 19.2. The number of likely N-dealkylation sites (tertiary alicyclic amines) is 2. The number of benzene rings is 1. The smallest absolute Gasteiger partial charge is 0.246 e. The van der Waals surface area contributed by atoms with Gasteiger partial charge in [0.15, 0.2) is 0 Å². The number of rotatable bonds is 12. The fraction of sp³-hybridized carbons (Fsp3) is 0.475. The molecule has 5 heterocycles. The summed E-state index contributed by atoms with van der Waals surface area (Å²) < 4.78 is 0. The van der Waals surface area contributed by atoms with E-state index in [0.717, 1.165) is 71.1 Å². The molecule has 4 amide bonds. The topological polar surface area (TPSA) is 189 Å². The van der Waals surface area contributed by atoms with Gasteiger partial charge in [0.25, 0.3) is 0 Å². The standard InChI is InChI=1S/C40H49N9O5S/c1-21(2)34(43-23(5)51)39(53)48-14-7-9-31(48)37-42-19-29(45-37)38-46-27-16-26(17-32(27)55-38)24-10-12-25(13-11-24)28-18-41-36(44-28)30-8-6-15-49(30)40(54)35(22(3)4)47-33(52)20-50/h10-13,16,18-19,21-22,30-31,34-35,50H,6-9,14-15,17,20H2,1-5H3,(H,41,44)(H,42,45)(H,43,51)(H,47,52)/t30-,31?,34-,35-/m0/s1. The number of aliphatic hydroxyl groups excluding tert-OH is 1.